The van der Waals surface area contributed by atoms with Crippen molar-refractivity contribution in [2.24, 2.45) is 11.7 Å². The van der Waals surface area contributed by atoms with E-state index in [-0.39, 0.29) is 6.04 Å². The highest BCUT2D eigenvalue weighted by Crippen LogP contribution is 2.19. The molecule has 0 saturated heterocycles. The molecular weight excluding hydrogens is 246 g/mol. The first kappa shape index (κ1) is 14.8. The van der Waals surface area contributed by atoms with Crippen LogP contribution in [0.1, 0.15) is 50.1 Å². The molecule has 0 fully saturated rings. The van der Waals surface area contributed by atoms with Gasteiger partial charge in [-0.1, -0.05) is 45.0 Å². The number of benzene rings is 1. The summed E-state index contributed by atoms with van der Waals surface area (Å²) < 4.78 is 2.16. The summed E-state index contributed by atoms with van der Waals surface area (Å²) >= 11 is 0. The molecule has 2 N–H and O–H groups in total. The van der Waals surface area contributed by atoms with Crippen molar-refractivity contribution in [3.8, 4) is 0 Å². The van der Waals surface area contributed by atoms with Gasteiger partial charge in [0.2, 0.25) is 0 Å². The topological polar surface area (TPSA) is 43.8 Å². The first-order chi connectivity index (χ1) is 9.60. The number of hydrogen-bond acceptors (Lipinski definition) is 2. The molecular formula is C17H25N3. The molecule has 1 aromatic heterocycles. The third-order valence-corrected chi connectivity index (χ3v) is 3.63. The van der Waals surface area contributed by atoms with Gasteiger partial charge in [0.25, 0.3) is 0 Å². The predicted octanol–water partition coefficient (Wildman–Crippen LogP) is 3.54. The fraction of sp³-hybridized carbons (Fsp3) is 0.471. The quantitative estimate of drug-likeness (QED) is 0.873. The number of imidazole rings is 1. The van der Waals surface area contributed by atoms with E-state index in [0.29, 0.717) is 5.92 Å². The Morgan fingerprint density at radius 3 is 2.40 bits per heavy atom. The van der Waals surface area contributed by atoms with E-state index in [2.05, 4.69) is 54.6 Å². The minimum atomic E-state index is 0.0624. The molecule has 0 saturated carbocycles. The first-order valence-electron chi connectivity index (χ1n) is 7.43. The third-order valence-electron chi connectivity index (χ3n) is 3.63. The molecule has 2 rings (SSSR count). The summed E-state index contributed by atoms with van der Waals surface area (Å²) in [7, 11) is 0. The zero-order valence-electron chi connectivity index (χ0n) is 12.7. The highest BCUT2D eigenvalue weighted by atomic mass is 15.1. The van der Waals surface area contributed by atoms with E-state index in [9.17, 15) is 0 Å². The van der Waals surface area contributed by atoms with Gasteiger partial charge in [-0.25, -0.2) is 4.98 Å². The van der Waals surface area contributed by atoms with Crippen molar-refractivity contribution in [2.75, 3.05) is 0 Å². The molecule has 0 spiro atoms. The molecule has 0 radical (unpaired) electrons. The van der Waals surface area contributed by atoms with Crippen LogP contribution in [-0.4, -0.2) is 9.55 Å². The summed E-state index contributed by atoms with van der Waals surface area (Å²) in [4.78, 5) is 4.26. The van der Waals surface area contributed by atoms with Crippen LogP contribution < -0.4 is 5.73 Å². The van der Waals surface area contributed by atoms with Crippen LogP contribution >= 0.6 is 0 Å². The monoisotopic (exact) mass is 271 g/mol. The minimum Gasteiger partial charge on any atom is -0.329 e. The standard InChI is InChI=1S/C17H25N3/c1-4-14-5-7-15(8-6-14)11-20-12-19-10-17(20)16(18)9-13(2)3/h5-8,10,12-13,16H,4,9,11,18H2,1-3H3. The van der Waals surface area contributed by atoms with Crippen molar-refractivity contribution in [3.05, 3.63) is 53.6 Å². The summed E-state index contributed by atoms with van der Waals surface area (Å²) in [6.07, 6.45) is 5.84. The number of rotatable bonds is 6. The molecule has 3 nitrogen and oxygen atoms in total. The molecule has 2 aromatic rings. The molecule has 0 aliphatic heterocycles. The first-order valence-corrected chi connectivity index (χ1v) is 7.43. The molecule has 1 atom stereocenters. The maximum Gasteiger partial charge on any atom is 0.0951 e. The summed E-state index contributed by atoms with van der Waals surface area (Å²) in [6.45, 7) is 7.41. The Morgan fingerprint density at radius 2 is 1.80 bits per heavy atom. The zero-order valence-corrected chi connectivity index (χ0v) is 12.7. The SMILES string of the molecule is CCc1ccc(Cn2cncc2C(N)CC(C)C)cc1. The van der Waals surface area contributed by atoms with Gasteiger partial charge in [0.1, 0.15) is 0 Å². The average Bonchev–Trinajstić information content (AvgIpc) is 2.87. The number of aryl methyl sites for hydroxylation is 1. The van der Waals surface area contributed by atoms with Gasteiger partial charge in [-0.2, -0.15) is 0 Å². The van der Waals surface area contributed by atoms with E-state index >= 15 is 0 Å². The zero-order chi connectivity index (χ0) is 14.5. The second-order valence-corrected chi connectivity index (χ2v) is 5.85. The fourth-order valence-electron chi connectivity index (χ4n) is 2.48. The normalized spacial score (nSPS) is 12.8. The van der Waals surface area contributed by atoms with Gasteiger partial charge < -0.3 is 10.3 Å². The summed E-state index contributed by atoms with van der Waals surface area (Å²) in [5.74, 6) is 0.595. The smallest absolute Gasteiger partial charge is 0.0951 e. The van der Waals surface area contributed by atoms with Gasteiger partial charge in [-0.3, -0.25) is 0 Å². The van der Waals surface area contributed by atoms with E-state index in [4.69, 9.17) is 5.73 Å². The van der Waals surface area contributed by atoms with Crippen LogP contribution in [0.15, 0.2) is 36.8 Å². The van der Waals surface area contributed by atoms with Crippen LogP contribution in [0.2, 0.25) is 0 Å². The Hall–Kier alpha value is -1.61. The van der Waals surface area contributed by atoms with E-state index in [1.807, 2.05) is 12.5 Å². The van der Waals surface area contributed by atoms with Crippen LogP contribution in [0.4, 0.5) is 0 Å². The van der Waals surface area contributed by atoms with Crippen molar-refractivity contribution in [1.82, 2.24) is 9.55 Å². The van der Waals surface area contributed by atoms with Gasteiger partial charge >= 0.3 is 0 Å². The van der Waals surface area contributed by atoms with Crippen molar-refractivity contribution in [3.63, 3.8) is 0 Å². The molecule has 0 bridgehead atoms. The van der Waals surface area contributed by atoms with Gasteiger partial charge in [0.05, 0.1) is 12.0 Å². The Labute approximate surface area is 121 Å². The van der Waals surface area contributed by atoms with Gasteiger partial charge in [0.15, 0.2) is 0 Å². The molecule has 1 unspecified atom stereocenters. The second kappa shape index (κ2) is 6.71. The lowest BCUT2D eigenvalue weighted by atomic mass is 10.0. The van der Waals surface area contributed by atoms with Gasteiger partial charge in [-0.15, -0.1) is 0 Å². The summed E-state index contributed by atoms with van der Waals surface area (Å²) in [6, 6.07) is 8.83. The molecule has 0 amide bonds. The molecule has 0 aliphatic rings. The third kappa shape index (κ3) is 3.70. The minimum absolute atomic E-state index is 0.0624. The summed E-state index contributed by atoms with van der Waals surface area (Å²) in [5, 5.41) is 0. The van der Waals surface area contributed by atoms with E-state index < -0.39 is 0 Å². The Morgan fingerprint density at radius 1 is 1.15 bits per heavy atom. The van der Waals surface area contributed by atoms with Crippen LogP contribution in [0.25, 0.3) is 0 Å². The second-order valence-electron chi connectivity index (χ2n) is 5.85. The molecule has 3 heteroatoms. The Balaban J connectivity index is 2.11. The number of aromatic nitrogens is 2. The van der Waals surface area contributed by atoms with Crippen LogP contribution in [0.3, 0.4) is 0 Å². The van der Waals surface area contributed by atoms with Crippen molar-refractivity contribution in [2.45, 2.75) is 46.2 Å². The van der Waals surface area contributed by atoms with E-state index in [0.717, 1.165) is 25.1 Å². The highest BCUT2D eigenvalue weighted by molar-refractivity contribution is 5.23. The molecule has 1 heterocycles. The summed E-state index contributed by atoms with van der Waals surface area (Å²) in [5.41, 5.74) is 10.1. The van der Waals surface area contributed by atoms with Crippen LogP contribution in [0.5, 0.6) is 0 Å². The lowest BCUT2D eigenvalue weighted by molar-refractivity contribution is 0.488. The highest BCUT2D eigenvalue weighted by Gasteiger charge is 2.13. The molecule has 0 aliphatic carbocycles. The average molecular weight is 271 g/mol. The Kier molecular flexibility index (Phi) is 4.96. The van der Waals surface area contributed by atoms with E-state index in [1.54, 1.807) is 0 Å². The van der Waals surface area contributed by atoms with Gasteiger partial charge in [0, 0.05) is 18.8 Å². The lowest BCUT2D eigenvalue weighted by Crippen LogP contribution is -2.17. The van der Waals surface area contributed by atoms with Crippen LogP contribution in [-0.2, 0) is 13.0 Å². The number of nitrogens with two attached hydrogens (primary N) is 1. The maximum atomic E-state index is 6.28. The Bertz CT molecular complexity index is 525. The largest absolute Gasteiger partial charge is 0.329 e. The van der Waals surface area contributed by atoms with E-state index in [1.165, 1.54) is 11.1 Å². The van der Waals surface area contributed by atoms with Crippen molar-refractivity contribution >= 4 is 0 Å². The number of nitrogens with zero attached hydrogens (tertiary/aromatic N) is 2. The predicted molar refractivity (Wildman–Crippen MR) is 83.5 cm³/mol. The maximum absolute atomic E-state index is 6.28. The number of hydrogen-bond donors (Lipinski definition) is 1. The van der Waals surface area contributed by atoms with Gasteiger partial charge in [-0.05, 0) is 29.9 Å². The van der Waals surface area contributed by atoms with Crippen LogP contribution in [0, 0.1) is 5.92 Å². The molecule has 1 aromatic carbocycles. The molecule has 20 heavy (non-hydrogen) atoms. The van der Waals surface area contributed by atoms with Crippen molar-refractivity contribution in [1.29, 1.82) is 0 Å². The van der Waals surface area contributed by atoms with Crippen molar-refractivity contribution < 1.29 is 0 Å². The fourth-order valence-corrected chi connectivity index (χ4v) is 2.48. The lowest BCUT2D eigenvalue weighted by Gasteiger charge is -2.16. The molecule has 108 valence electrons.